The van der Waals surface area contributed by atoms with Gasteiger partial charge >= 0.3 is 5.97 Å². The summed E-state index contributed by atoms with van der Waals surface area (Å²) in [6.45, 7) is 0. The summed E-state index contributed by atoms with van der Waals surface area (Å²) in [5, 5.41) is 8.54. The van der Waals surface area contributed by atoms with Crippen molar-refractivity contribution < 1.29 is 14.6 Å². The molecule has 3 nitrogen and oxygen atoms in total. The Balaban J connectivity index is 1.69. The van der Waals surface area contributed by atoms with Gasteiger partial charge in [0.05, 0.1) is 0 Å². The Bertz CT molecular complexity index is 394. The van der Waals surface area contributed by atoms with Gasteiger partial charge < -0.3 is 9.84 Å². The molecular weight excluding hydrogens is 288 g/mol. The number of unbranched alkanes of at least 4 members (excludes halogenated alkanes) is 11. The fourth-order valence-corrected chi connectivity index (χ4v) is 2.57. The maximum atomic E-state index is 10.4. The molecule has 0 amide bonds. The fraction of sp³-hybridized carbons (Fsp3) is 0.650. The van der Waals surface area contributed by atoms with E-state index in [1.54, 1.807) is 6.26 Å². The molecule has 0 fully saturated rings. The predicted molar refractivity (Wildman–Crippen MR) is 95.1 cm³/mol. The summed E-state index contributed by atoms with van der Waals surface area (Å²) in [6.07, 6.45) is 25.2. The van der Waals surface area contributed by atoms with Crippen LogP contribution in [-0.4, -0.2) is 11.1 Å². The van der Waals surface area contributed by atoms with Crippen LogP contribution >= 0.6 is 0 Å². The highest BCUT2D eigenvalue weighted by atomic mass is 16.5. The molecule has 0 unspecified atom stereocenters. The first-order valence-electron chi connectivity index (χ1n) is 9.21. The summed E-state index contributed by atoms with van der Waals surface area (Å²) in [6, 6.07) is 0. The third-order valence-electron chi connectivity index (χ3n) is 4.02. The van der Waals surface area contributed by atoms with Crippen LogP contribution in [0.2, 0.25) is 0 Å². The van der Waals surface area contributed by atoms with Gasteiger partial charge in [-0.25, -0.2) is 0 Å². The number of carbonyl (C=O) groups is 1. The second kappa shape index (κ2) is 14.1. The molecule has 3 heteroatoms. The summed E-state index contributed by atoms with van der Waals surface area (Å²) in [4.78, 5) is 10.4. The van der Waals surface area contributed by atoms with Crippen molar-refractivity contribution in [3.8, 4) is 0 Å². The molecule has 0 aromatic heterocycles. The molecule has 130 valence electrons. The van der Waals surface area contributed by atoms with Gasteiger partial charge in [-0.1, -0.05) is 76.0 Å². The maximum Gasteiger partial charge on any atom is 0.303 e. The van der Waals surface area contributed by atoms with Gasteiger partial charge in [0.2, 0.25) is 0 Å². The summed E-state index contributed by atoms with van der Waals surface area (Å²) < 4.78 is 4.89. The Morgan fingerprint density at radius 1 is 0.870 bits per heavy atom. The predicted octanol–water partition coefficient (Wildman–Crippen LogP) is 6.13. The van der Waals surface area contributed by atoms with Gasteiger partial charge in [-0.15, -0.1) is 0 Å². The Labute approximate surface area is 141 Å². The first-order chi connectivity index (χ1) is 11.3. The van der Waals surface area contributed by atoms with E-state index in [9.17, 15) is 4.79 Å². The molecule has 0 bridgehead atoms. The summed E-state index contributed by atoms with van der Waals surface area (Å²) in [5.41, 5.74) is 0. The van der Waals surface area contributed by atoms with Crippen molar-refractivity contribution in [2.45, 2.75) is 83.5 Å². The third-order valence-corrected chi connectivity index (χ3v) is 4.02. The molecule has 0 aliphatic carbocycles. The lowest BCUT2D eigenvalue weighted by Gasteiger charge is -2.02. The van der Waals surface area contributed by atoms with Gasteiger partial charge in [-0.2, -0.15) is 0 Å². The first kappa shape index (κ1) is 19.5. The zero-order valence-electron chi connectivity index (χ0n) is 14.3. The molecule has 1 N–H and O–H groups in total. The Morgan fingerprint density at radius 2 is 1.39 bits per heavy atom. The summed E-state index contributed by atoms with van der Waals surface area (Å²) >= 11 is 0. The van der Waals surface area contributed by atoms with Crippen molar-refractivity contribution in [1.82, 2.24) is 0 Å². The number of carboxylic acids is 1. The number of aliphatic carboxylic acids is 1. The molecule has 23 heavy (non-hydrogen) atoms. The van der Waals surface area contributed by atoms with Crippen LogP contribution in [0.1, 0.15) is 83.5 Å². The maximum absolute atomic E-state index is 10.4. The third kappa shape index (κ3) is 15.2. The van der Waals surface area contributed by atoms with Crippen molar-refractivity contribution >= 4 is 5.97 Å². The van der Waals surface area contributed by atoms with Crippen molar-refractivity contribution in [3.63, 3.8) is 0 Å². The molecule has 1 aliphatic rings. The van der Waals surface area contributed by atoms with E-state index in [1.165, 1.54) is 64.2 Å². The largest absolute Gasteiger partial charge is 0.481 e. The molecule has 0 saturated carbocycles. The highest BCUT2D eigenvalue weighted by Crippen LogP contribution is 2.14. The average molecular weight is 320 g/mol. The van der Waals surface area contributed by atoms with Crippen LogP contribution < -0.4 is 0 Å². The fourth-order valence-electron chi connectivity index (χ4n) is 2.57. The van der Waals surface area contributed by atoms with Crippen LogP contribution in [0.15, 0.2) is 36.3 Å². The Hall–Kier alpha value is -1.51. The zero-order valence-corrected chi connectivity index (χ0v) is 14.3. The second-order valence-corrected chi connectivity index (χ2v) is 6.25. The molecule has 1 aliphatic heterocycles. The van der Waals surface area contributed by atoms with Crippen LogP contribution in [0.5, 0.6) is 0 Å². The number of hydrogen-bond donors (Lipinski definition) is 1. The summed E-state index contributed by atoms with van der Waals surface area (Å²) in [7, 11) is 0. The monoisotopic (exact) mass is 320 g/mol. The number of rotatable bonds is 16. The minimum Gasteiger partial charge on any atom is -0.481 e. The van der Waals surface area contributed by atoms with Gasteiger partial charge in [0.25, 0.3) is 0 Å². The van der Waals surface area contributed by atoms with E-state index in [0.29, 0.717) is 6.42 Å². The van der Waals surface area contributed by atoms with Crippen molar-refractivity contribution in [3.05, 3.63) is 36.3 Å². The zero-order chi connectivity index (χ0) is 16.6. The Morgan fingerprint density at radius 3 is 1.91 bits per heavy atom. The van der Waals surface area contributed by atoms with Gasteiger partial charge in [0.1, 0.15) is 6.26 Å². The van der Waals surface area contributed by atoms with E-state index in [1.807, 2.05) is 12.2 Å². The molecule has 0 aromatic carbocycles. The quantitative estimate of drug-likeness (QED) is 0.275. The summed E-state index contributed by atoms with van der Waals surface area (Å²) in [5.74, 6) is 0.303. The standard InChI is InChI=1S/C20H32O3/c21-20(22)17-15-13-11-9-7-5-3-1-2-4-6-8-10-12-14-16-19-18-23-19/h10,12,14,16,18H,1-9,11,13,15,17H2,(H,21,22)/b12-10+,16-14+. The van der Waals surface area contributed by atoms with Gasteiger partial charge in [-0.05, 0) is 25.3 Å². The van der Waals surface area contributed by atoms with Crippen LogP contribution in [0, 0.1) is 0 Å². The lowest BCUT2D eigenvalue weighted by atomic mass is 10.0. The number of ether oxygens (including phenoxy) is 1. The number of carboxylic acid groups (broad SMARTS) is 1. The molecule has 1 rings (SSSR count). The number of allylic oxidation sites excluding steroid dienone is 4. The molecule has 0 spiro atoms. The van der Waals surface area contributed by atoms with E-state index in [4.69, 9.17) is 9.84 Å². The topological polar surface area (TPSA) is 49.8 Å². The lowest BCUT2D eigenvalue weighted by Crippen LogP contribution is -1.93. The van der Waals surface area contributed by atoms with Crippen molar-refractivity contribution in [2.75, 3.05) is 0 Å². The van der Waals surface area contributed by atoms with Crippen LogP contribution in [0.4, 0.5) is 0 Å². The molecule has 0 radical (unpaired) electrons. The van der Waals surface area contributed by atoms with Gasteiger partial charge in [0.15, 0.2) is 5.76 Å². The molecule has 1 heterocycles. The normalized spacial score (nSPS) is 13.5. The minimum absolute atomic E-state index is 0.331. The van der Waals surface area contributed by atoms with Gasteiger partial charge in [0, 0.05) is 6.42 Å². The van der Waals surface area contributed by atoms with Crippen molar-refractivity contribution in [2.24, 2.45) is 0 Å². The van der Waals surface area contributed by atoms with E-state index in [-0.39, 0.29) is 0 Å². The molecule has 0 saturated heterocycles. The number of hydrogen-bond acceptors (Lipinski definition) is 2. The smallest absolute Gasteiger partial charge is 0.303 e. The van der Waals surface area contributed by atoms with Crippen LogP contribution in [0.25, 0.3) is 0 Å². The SMILES string of the molecule is O=C(O)CCCCCCCCCCCCC/C=C/C=C/C1=CO1. The van der Waals surface area contributed by atoms with Crippen LogP contribution in [-0.2, 0) is 9.53 Å². The van der Waals surface area contributed by atoms with E-state index >= 15 is 0 Å². The Kier molecular flexibility index (Phi) is 12.0. The van der Waals surface area contributed by atoms with Crippen molar-refractivity contribution in [1.29, 1.82) is 0 Å². The van der Waals surface area contributed by atoms with E-state index < -0.39 is 5.97 Å². The minimum atomic E-state index is -0.664. The van der Waals surface area contributed by atoms with Gasteiger partial charge in [-0.3, -0.25) is 4.79 Å². The average Bonchev–Trinajstić information content (AvgIpc) is 3.34. The van der Waals surface area contributed by atoms with E-state index in [2.05, 4.69) is 12.2 Å². The lowest BCUT2D eigenvalue weighted by molar-refractivity contribution is -0.137. The van der Waals surface area contributed by atoms with E-state index in [0.717, 1.165) is 18.6 Å². The van der Waals surface area contributed by atoms with Crippen LogP contribution in [0.3, 0.4) is 0 Å². The molecule has 0 aromatic rings. The highest BCUT2D eigenvalue weighted by molar-refractivity contribution is 5.66. The molecular formula is C20H32O3. The first-order valence-corrected chi connectivity index (χ1v) is 9.21. The molecule has 0 atom stereocenters. The highest BCUT2D eigenvalue weighted by Gasteiger charge is 2.01. The second-order valence-electron chi connectivity index (χ2n) is 6.25.